The first-order valence-corrected chi connectivity index (χ1v) is 11.3. The Kier molecular flexibility index (Phi) is 7.74. The van der Waals surface area contributed by atoms with E-state index in [2.05, 4.69) is 15.8 Å². The first kappa shape index (κ1) is 25.7. The van der Waals surface area contributed by atoms with Crippen LogP contribution in [0, 0.1) is 0 Å². The average molecular weight is 526 g/mol. The molecule has 10 heteroatoms. The highest BCUT2D eigenvalue weighted by Crippen LogP contribution is 2.36. The number of hydrazone groups is 1. The van der Waals surface area contributed by atoms with Crippen molar-refractivity contribution >= 4 is 46.1 Å². The van der Waals surface area contributed by atoms with E-state index in [1.165, 1.54) is 6.21 Å². The summed E-state index contributed by atoms with van der Waals surface area (Å²) >= 11 is 5.58. The number of hydrogen-bond donors (Lipinski definition) is 2. The fourth-order valence-electron chi connectivity index (χ4n) is 3.48. The Labute approximate surface area is 214 Å². The predicted octanol–water partition coefficient (Wildman–Crippen LogP) is 6.18. The van der Waals surface area contributed by atoms with E-state index in [-0.39, 0.29) is 5.69 Å². The third-order valence-corrected chi connectivity index (χ3v) is 5.59. The molecule has 0 fully saturated rings. The Bertz CT molecular complexity index is 1470. The highest BCUT2D eigenvalue weighted by molar-refractivity contribution is 6.39. The van der Waals surface area contributed by atoms with Crippen LogP contribution >= 0.6 is 11.6 Å². The van der Waals surface area contributed by atoms with Crippen molar-refractivity contribution in [1.82, 2.24) is 5.43 Å². The van der Waals surface area contributed by atoms with Gasteiger partial charge in [-0.1, -0.05) is 72.3 Å². The van der Waals surface area contributed by atoms with Gasteiger partial charge in [0.1, 0.15) is 12.4 Å². The summed E-state index contributed by atoms with van der Waals surface area (Å²) in [4.78, 5) is 24.4. The molecular weight excluding hydrogens is 507 g/mol. The summed E-state index contributed by atoms with van der Waals surface area (Å²) in [6, 6.07) is 23.5. The topological polar surface area (TPSA) is 79.8 Å². The number of ether oxygens (including phenoxy) is 1. The molecule has 0 radical (unpaired) electrons. The SMILES string of the molecule is O=C(NN=Cc1c(OCc2ccccc2)ccc2ccccc12)C(=O)Nc1ccc(Cl)c(C(F)(F)F)c1. The number of anilines is 1. The molecule has 0 aliphatic rings. The third kappa shape index (κ3) is 6.45. The first-order valence-electron chi connectivity index (χ1n) is 10.9. The molecule has 0 aromatic heterocycles. The van der Waals surface area contributed by atoms with E-state index in [4.69, 9.17) is 16.3 Å². The van der Waals surface area contributed by atoms with Gasteiger partial charge in [-0.25, -0.2) is 5.43 Å². The molecular formula is C27H19ClF3N3O3. The summed E-state index contributed by atoms with van der Waals surface area (Å²) in [5.74, 6) is -1.87. The Morgan fingerprint density at radius 3 is 2.41 bits per heavy atom. The van der Waals surface area contributed by atoms with Crippen molar-refractivity contribution in [2.24, 2.45) is 5.10 Å². The number of rotatable bonds is 6. The van der Waals surface area contributed by atoms with Crippen molar-refractivity contribution < 1.29 is 27.5 Å². The normalized spacial score (nSPS) is 11.5. The van der Waals surface area contributed by atoms with E-state index in [0.717, 1.165) is 28.5 Å². The number of carbonyl (C=O) groups is 2. The molecule has 0 heterocycles. The van der Waals surface area contributed by atoms with Crippen molar-refractivity contribution in [2.45, 2.75) is 12.8 Å². The van der Waals surface area contributed by atoms with Crippen LogP contribution in [0.15, 0.2) is 90.0 Å². The molecule has 0 unspecified atom stereocenters. The Balaban J connectivity index is 1.48. The second-order valence-electron chi connectivity index (χ2n) is 7.82. The van der Waals surface area contributed by atoms with Crippen LogP contribution in [0.4, 0.5) is 18.9 Å². The van der Waals surface area contributed by atoms with Crippen molar-refractivity contribution in [2.75, 3.05) is 5.32 Å². The maximum Gasteiger partial charge on any atom is 0.417 e. The fourth-order valence-corrected chi connectivity index (χ4v) is 3.71. The molecule has 4 rings (SSSR count). The predicted molar refractivity (Wildman–Crippen MR) is 136 cm³/mol. The van der Waals surface area contributed by atoms with Gasteiger partial charge in [0.25, 0.3) is 0 Å². The van der Waals surface area contributed by atoms with Gasteiger partial charge in [0.05, 0.1) is 16.8 Å². The minimum absolute atomic E-state index is 0.244. The van der Waals surface area contributed by atoms with Gasteiger partial charge >= 0.3 is 18.0 Å². The maximum atomic E-state index is 13.0. The molecule has 0 saturated heterocycles. The van der Waals surface area contributed by atoms with Gasteiger partial charge in [0.2, 0.25) is 0 Å². The monoisotopic (exact) mass is 525 g/mol. The number of nitrogens with zero attached hydrogens (tertiary/aromatic N) is 1. The molecule has 0 bridgehead atoms. The van der Waals surface area contributed by atoms with Gasteiger partial charge in [-0.05, 0) is 40.6 Å². The summed E-state index contributed by atoms with van der Waals surface area (Å²) in [6.45, 7) is 0.301. The molecule has 0 atom stereocenters. The molecule has 2 N–H and O–H groups in total. The second kappa shape index (κ2) is 11.1. The van der Waals surface area contributed by atoms with Gasteiger partial charge in [-0.3, -0.25) is 9.59 Å². The molecule has 37 heavy (non-hydrogen) atoms. The van der Waals surface area contributed by atoms with E-state index in [1.807, 2.05) is 60.7 Å². The number of carbonyl (C=O) groups excluding carboxylic acids is 2. The van der Waals surface area contributed by atoms with Crippen LogP contribution in [-0.4, -0.2) is 18.0 Å². The molecule has 0 aliphatic carbocycles. The number of halogens is 4. The summed E-state index contributed by atoms with van der Waals surface area (Å²) in [5, 5.41) is 7.16. The third-order valence-electron chi connectivity index (χ3n) is 5.26. The summed E-state index contributed by atoms with van der Waals surface area (Å²) < 4.78 is 45.1. The van der Waals surface area contributed by atoms with Crippen LogP contribution in [-0.2, 0) is 22.4 Å². The standard InChI is InChI=1S/C27H19ClF3N3O3/c28-23-12-11-19(14-22(23)27(29,30)31)33-25(35)26(36)34-32-15-21-20-9-5-4-8-18(20)10-13-24(21)37-16-17-6-2-1-3-7-17/h1-15H,16H2,(H,33,35)(H,34,36). The van der Waals surface area contributed by atoms with Crippen LogP contribution < -0.4 is 15.5 Å². The molecule has 6 nitrogen and oxygen atoms in total. The lowest BCUT2D eigenvalue weighted by atomic mass is 10.0. The summed E-state index contributed by atoms with van der Waals surface area (Å²) in [5.41, 5.74) is 2.24. The van der Waals surface area contributed by atoms with Crippen molar-refractivity contribution in [3.63, 3.8) is 0 Å². The second-order valence-corrected chi connectivity index (χ2v) is 8.23. The lowest BCUT2D eigenvalue weighted by Crippen LogP contribution is -2.32. The van der Waals surface area contributed by atoms with Gasteiger partial charge in [0.15, 0.2) is 0 Å². The molecule has 0 spiro atoms. The number of nitrogens with one attached hydrogen (secondary N) is 2. The van der Waals surface area contributed by atoms with Gasteiger partial charge in [-0.2, -0.15) is 18.3 Å². The minimum atomic E-state index is -4.72. The average Bonchev–Trinajstić information content (AvgIpc) is 2.89. The fraction of sp³-hybridized carbons (Fsp3) is 0.0741. The molecule has 4 aromatic carbocycles. The number of hydrogen-bond acceptors (Lipinski definition) is 4. The van der Waals surface area contributed by atoms with Crippen molar-refractivity contribution in [3.8, 4) is 5.75 Å². The maximum absolute atomic E-state index is 13.0. The number of amides is 2. The van der Waals surface area contributed by atoms with Crippen LogP contribution in [0.25, 0.3) is 10.8 Å². The Hall–Kier alpha value is -4.37. The quantitative estimate of drug-likeness (QED) is 0.179. The molecule has 4 aromatic rings. The van der Waals surface area contributed by atoms with Crippen LogP contribution in [0.3, 0.4) is 0 Å². The van der Waals surface area contributed by atoms with Gasteiger partial charge < -0.3 is 10.1 Å². The number of alkyl halides is 3. The van der Waals surface area contributed by atoms with Gasteiger partial charge in [0, 0.05) is 11.3 Å². The Morgan fingerprint density at radius 1 is 0.919 bits per heavy atom. The van der Waals surface area contributed by atoms with Gasteiger partial charge in [-0.15, -0.1) is 0 Å². The van der Waals surface area contributed by atoms with Crippen LogP contribution in [0.5, 0.6) is 5.75 Å². The lowest BCUT2D eigenvalue weighted by Gasteiger charge is -2.12. The van der Waals surface area contributed by atoms with Crippen LogP contribution in [0.2, 0.25) is 5.02 Å². The van der Waals surface area contributed by atoms with Crippen molar-refractivity contribution in [1.29, 1.82) is 0 Å². The summed E-state index contributed by atoms with van der Waals surface area (Å²) in [6.07, 6.45) is -3.37. The zero-order valence-corrected chi connectivity index (χ0v) is 19.8. The van der Waals surface area contributed by atoms with Crippen molar-refractivity contribution in [3.05, 3.63) is 107 Å². The minimum Gasteiger partial charge on any atom is -0.488 e. The van der Waals surface area contributed by atoms with E-state index >= 15 is 0 Å². The number of benzene rings is 4. The van der Waals surface area contributed by atoms with Crippen LogP contribution in [0.1, 0.15) is 16.7 Å². The molecule has 0 aliphatic heterocycles. The lowest BCUT2D eigenvalue weighted by molar-refractivity contribution is -0.137. The molecule has 2 amide bonds. The molecule has 0 saturated carbocycles. The molecule has 188 valence electrons. The largest absolute Gasteiger partial charge is 0.488 e. The van der Waals surface area contributed by atoms with E-state index in [9.17, 15) is 22.8 Å². The highest BCUT2D eigenvalue weighted by atomic mass is 35.5. The van der Waals surface area contributed by atoms with E-state index in [1.54, 1.807) is 6.07 Å². The number of fused-ring (bicyclic) bond motifs is 1. The zero-order valence-electron chi connectivity index (χ0n) is 19.1. The highest BCUT2D eigenvalue weighted by Gasteiger charge is 2.33. The summed E-state index contributed by atoms with van der Waals surface area (Å²) in [7, 11) is 0. The first-order chi connectivity index (χ1) is 17.7. The Morgan fingerprint density at radius 2 is 1.65 bits per heavy atom. The van der Waals surface area contributed by atoms with E-state index < -0.39 is 28.6 Å². The zero-order chi connectivity index (χ0) is 26.4. The smallest absolute Gasteiger partial charge is 0.417 e. The van der Waals surface area contributed by atoms with E-state index in [0.29, 0.717) is 24.0 Å².